The molecule has 2 aliphatic heterocycles. The van der Waals surface area contributed by atoms with Crippen molar-refractivity contribution in [3.05, 3.63) is 59.7 Å². The number of nitrogens with zero attached hydrogens (tertiary/aromatic N) is 3. The van der Waals surface area contributed by atoms with Crippen LogP contribution in [0.3, 0.4) is 0 Å². The fourth-order valence-electron chi connectivity index (χ4n) is 4.60. The van der Waals surface area contributed by atoms with E-state index in [1.165, 1.54) is 24.1 Å². The number of phenols is 1. The summed E-state index contributed by atoms with van der Waals surface area (Å²) in [4.78, 5) is 7.73. The largest absolute Gasteiger partial charge is 0.508 e. The zero-order valence-corrected chi connectivity index (χ0v) is 16.3. The lowest BCUT2D eigenvalue weighted by Gasteiger charge is -2.44. The lowest BCUT2D eigenvalue weighted by Crippen LogP contribution is -2.55. The van der Waals surface area contributed by atoms with E-state index in [0.717, 1.165) is 51.4 Å². The summed E-state index contributed by atoms with van der Waals surface area (Å²) in [5, 5.41) is 10.1. The van der Waals surface area contributed by atoms with Crippen molar-refractivity contribution in [3.63, 3.8) is 0 Å². The molecular formula is C23H31N3O. The van der Waals surface area contributed by atoms with Gasteiger partial charge in [-0.3, -0.25) is 9.80 Å². The SMILES string of the molecule is Cc1ccccc1N1CCN([C@H]2CCCN(Cc3ccccc3O)C2)CC1. The number of hydrogen-bond donors (Lipinski definition) is 1. The number of phenolic OH excluding ortho intramolecular Hbond substituents is 1. The fraction of sp³-hybridized carbons (Fsp3) is 0.478. The van der Waals surface area contributed by atoms with Crippen LogP contribution in [-0.2, 0) is 6.54 Å². The highest BCUT2D eigenvalue weighted by Crippen LogP contribution is 2.25. The van der Waals surface area contributed by atoms with E-state index >= 15 is 0 Å². The molecule has 4 heteroatoms. The van der Waals surface area contributed by atoms with Gasteiger partial charge in [-0.1, -0.05) is 36.4 Å². The number of benzene rings is 2. The lowest BCUT2D eigenvalue weighted by molar-refractivity contribution is 0.0883. The molecule has 2 saturated heterocycles. The van der Waals surface area contributed by atoms with Crippen molar-refractivity contribution in [1.82, 2.24) is 9.80 Å². The third-order valence-electron chi connectivity index (χ3n) is 6.15. The molecule has 2 aliphatic rings. The Balaban J connectivity index is 1.33. The van der Waals surface area contributed by atoms with Gasteiger partial charge in [0.25, 0.3) is 0 Å². The minimum absolute atomic E-state index is 0.423. The fourth-order valence-corrected chi connectivity index (χ4v) is 4.60. The number of anilines is 1. The second-order valence-corrected chi connectivity index (χ2v) is 7.97. The molecule has 0 aliphatic carbocycles. The van der Waals surface area contributed by atoms with Crippen LogP contribution in [0.1, 0.15) is 24.0 Å². The maximum atomic E-state index is 10.1. The van der Waals surface area contributed by atoms with Crippen LogP contribution in [0.25, 0.3) is 0 Å². The van der Waals surface area contributed by atoms with E-state index in [0.29, 0.717) is 11.8 Å². The van der Waals surface area contributed by atoms with Crippen LogP contribution in [0.5, 0.6) is 5.75 Å². The number of likely N-dealkylation sites (tertiary alicyclic amines) is 1. The van der Waals surface area contributed by atoms with Gasteiger partial charge in [-0.05, 0) is 44.0 Å². The highest BCUT2D eigenvalue weighted by molar-refractivity contribution is 5.53. The van der Waals surface area contributed by atoms with E-state index in [2.05, 4.69) is 45.9 Å². The van der Waals surface area contributed by atoms with E-state index in [1.54, 1.807) is 6.07 Å². The van der Waals surface area contributed by atoms with Gasteiger partial charge in [-0.2, -0.15) is 0 Å². The average molecular weight is 366 g/mol. The van der Waals surface area contributed by atoms with Crippen LogP contribution < -0.4 is 4.90 Å². The van der Waals surface area contributed by atoms with Gasteiger partial charge in [0.15, 0.2) is 0 Å². The van der Waals surface area contributed by atoms with Crippen LogP contribution in [0.15, 0.2) is 48.5 Å². The number of hydrogen-bond acceptors (Lipinski definition) is 4. The molecule has 0 unspecified atom stereocenters. The summed E-state index contributed by atoms with van der Waals surface area (Å²) >= 11 is 0. The Hall–Kier alpha value is -2.04. The number of aryl methyl sites for hydroxylation is 1. The molecular weight excluding hydrogens is 334 g/mol. The Morgan fingerprint density at radius 1 is 0.926 bits per heavy atom. The minimum atomic E-state index is 0.423. The van der Waals surface area contributed by atoms with Gasteiger partial charge in [0.05, 0.1) is 0 Å². The van der Waals surface area contributed by atoms with E-state index in [4.69, 9.17) is 0 Å². The van der Waals surface area contributed by atoms with E-state index in [-0.39, 0.29) is 0 Å². The molecule has 2 aromatic carbocycles. The van der Waals surface area contributed by atoms with Crippen molar-refractivity contribution in [1.29, 1.82) is 0 Å². The van der Waals surface area contributed by atoms with Crippen LogP contribution >= 0.6 is 0 Å². The van der Waals surface area contributed by atoms with E-state index in [9.17, 15) is 5.11 Å². The molecule has 2 aromatic rings. The highest BCUT2D eigenvalue weighted by Gasteiger charge is 2.28. The first-order chi connectivity index (χ1) is 13.2. The molecule has 2 heterocycles. The number of aromatic hydroxyl groups is 1. The van der Waals surface area contributed by atoms with Crippen molar-refractivity contribution in [2.45, 2.75) is 32.4 Å². The van der Waals surface area contributed by atoms with Crippen molar-refractivity contribution in [2.24, 2.45) is 0 Å². The standard InChI is InChI=1S/C23H31N3O/c1-19-7-2-4-10-22(19)26-15-13-25(14-16-26)21-9-6-12-24(18-21)17-20-8-3-5-11-23(20)27/h2-5,7-8,10-11,21,27H,6,9,12-18H2,1H3/t21-/m0/s1. The molecule has 0 bridgehead atoms. The molecule has 27 heavy (non-hydrogen) atoms. The monoisotopic (exact) mass is 365 g/mol. The molecule has 0 radical (unpaired) electrons. The number of piperidine rings is 1. The van der Waals surface area contributed by atoms with Gasteiger partial charge >= 0.3 is 0 Å². The number of rotatable bonds is 4. The smallest absolute Gasteiger partial charge is 0.120 e. The predicted molar refractivity (Wildman–Crippen MR) is 111 cm³/mol. The molecule has 4 rings (SSSR count). The van der Waals surface area contributed by atoms with Crippen molar-refractivity contribution in [3.8, 4) is 5.75 Å². The van der Waals surface area contributed by atoms with E-state index < -0.39 is 0 Å². The van der Waals surface area contributed by atoms with Gasteiger partial charge in [0, 0.05) is 56.6 Å². The number of para-hydroxylation sites is 2. The maximum absolute atomic E-state index is 10.1. The summed E-state index contributed by atoms with van der Waals surface area (Å²) < 4.78 is 0. The molecule has 1 atom stereocenters. The Morgan fingerprint density at radius 2 is 1.67 bits per heavy atom. The molecule has 1 N–H and O–H groups in total. The molecule has 0 amide bonds. The normalized spacial score (nSPS) is 22.1. The Bertz CT molecular complexity index is 755. The molecule has 0 aromatic heterocycles. The zero-order valence-electron chi connectivity index (χ0n) is 16.3. The Labute approximate surface area is 163 Å². The summed E-state index contributed by atoms with van der Waals surface area (Å²) in [6.07, 6.45) is 2.54. The summed E-state index contributed by atoms with van der Waals surface area (Å²) in [5.41, 5.74) is 3.81. The van der Waals surface area contributed by atoms with Crippen molar-refractivity contribution in [2.75, 3.05) is 44.2 Å². The summed E-state index contributed by atoms with van der Waals surface area (Å²) in [5.74, 6) is 0.423. The first kappa shape index (κ1) is 18.3. The van der Waals surface area contributed by atoms with Crippen LogP contribution in [0.2, 0.25) is 0 Å². The topological polar surface area (TPSA) is 30.0 Å². The average Bonchev–Trinajstić information content (AvgIpc) is 2.71. The van der Waals surface area contributed by atoms with Crippen molar-refractivity contribution >= 4 is 5.69 Å². The zero-order chi connectivity index (χ0) is 18.6. The van der Waals surface area contributed by atoms with Gasteiger partial charge in [-0.15, -0.1) is 0 Å². The third kappa shape index (κ3) is 4.28. The van der Waals surface area contributed by atoms with Crippen LogP contribution in [-0.4, -0.2) is 60.2 Å². The lowest BCUT2D eigenvalue weighted by atomic mass is 10.0. The molecule has 0 spiro atoms. The van der Waals surface area contributed by atoms with E-state index in [1.807, 2.05) is 18.2 Å². The molecule has 4 nitrogen and oxygen atoms in total. The summed E-state index contributed by atoms with van der Waals surface area (Å²) in [6, 6.07) is 17.1. The first-order valence-electron chi connectivity index (χ1n) is 10.2. The second kappa shape index (κ2) is 8.32. The van der Waals surface area contributed by atoms with Gasteiger partial charge in [0.1, 0.15) is 5.75 Å². The summed E-state index contributed by atoms with van der Waals surface area (Å²) in [6.45, 7) is 9.81. The minimum Gasteiger partial charge on any atom is -0.508 e. The van der Waals surface area contributed by atoms with Gasteiger partial charge in [-0.25, -0.2) is 0 Å². The van der Waals surface area contributed by atoms with Crippen molar-refractivity contribution < 1.29 is 5.11 Å². The quantitative estimate of drug-likeness (QED) is 0.898. The second-order valence-electron chi connectivity index (χ2n) is 7.97. The molecule has 2 fully saturated rings. The van der Waals surface area contributed by atoms with Gasteiger partial charge < -0.3 is 10.0 Å². The molecule has 144 valence electrons. The maximum Gasteiger partial charge on any atom is 0.120 e. The van der Waals surface area contributed by atoms with Gasteiger partial charge in [0.2, 0.25) is 0 Å². The predicted octanol–water partition coefficient (Wildman–Crippen LogP) is 3.49. The third-order valence-corrected chi connectivity index (χ3v) is 6.15. The first-order valence-corrected chi connectivity index (χ1v) is 10.2. The Kier molecular flexibility index (Phi) is 5.65. The summed E-state index contributed by atoms with van der Waals surface area (Å²) in [7, 11) is 0. The molecule has 0 saturated carbocycles. The van der Waals surface area contributed by atoms with Crippen LogP contribution in [0.4, 0.5) is 5.69 Å². The highest BCUT2D eigenvalue weighted by atomic mass is 16.3. The van der Waals surface area contributed by atoms with Crippen LogP contribution in [0, 0.1) is 6.92 Å². The number of piperazine rings is 1. The Morgan fingerprint density at radius 3 is 2.44 bits per heavy atom.